The van der Waals surface area contributed by atoms with Gasteiger partial charge in [-0.25, -0.2) is 13.2 Å². The van der Waals surface area contributed by atoms with E-state index in [1.165, 1.54) is 28.6 Å². The first kappa shape index (κ1) is 20.7. The van der Waals surface area contributed by atoms with Crippen LogP contribution in [0.4, 0.5) is 0 Å². The summed E-state index contributed by atoms with van der Waals surface area (Å²) in [4.78, 5) is 24.4. The number of nitrogens with zero attached hydrogens (tertiary/aromatic N) is 1. The first-order valence-corrected chi connectivity index (χ1v) is 10.7. The van der Waals surface area contributed by atoms with Crippen LogP contribution in [0.25, 0.3) is 0 Å². The fourth-order valence-corrected chi connectivity index (χ4v) is 4.37. The summed E-state index contributed by atoms with van der Waals surface area (Å²) >= 11 is 3.28. The maximum absolute atomic E-state index is 12.7. The van der Waals surface area contributed by atoms with Crippen molar-refractivity contribution < 1.29 is 27.5 Å². The van der Waals surface area contributed by atoms with E-state index in [4.69, 9.17) is 9.47 Å². The van der Waals surface area contributed by atoms with Crippen molar-refractivity contribution in [2.75, 3.05) is 32.9 Å². The quantitative estimate of drug-likeness (QED) is 0.478. The van der Waals surface area contributed by atoms with Crippen LogP contribution in [0.15, 0.2) is 57.9 Å². The minimum Gasteiger partial charge on any atom is -0.454 e. The Kier molecular flexibility index (Phi) is 6.61. The zero-order chi connectivity index (χ0) is 20.1. The summed E-state index contributed by atoms with van der Waals surface area (Å²) in [5, 5.41) is 0. The molecule has 2 aromatic rings. The molecule has 0 aromatic heterocycles. The van der Waals surface area contributed by atoms with Crippen LogP contribution < -0.4 is 0 Å². The zero-order valence-electron chi connectivity index (χ0n) is 14.8. The summed E-state index contributed by atoms with van der Waals surface area (Å²) in [6, 6.07) is 12.3. The number of morpholine rings is 1. The van der Waals surface area contributed by atoms with E-state index < -0.39 is 22.6 Å². The number of hydrogen-bond acceptors (Lipinski definition) is 6. The van der Waals surface area contributed by atoms with Gasteiger partial charge in [0.05, 0.1) is 23.7 Å². The molecule has 7 nitrogen and oxygen atoms in total. The topological polar surface area (TPSA) is 90.0 Å². The summed E-state index contributed by atoms with van der Waals surface area (Å²) in [7, 11) is -3.72. The van der Waals surface area contributed by atoms with Crippen molar-refractivity contribution in [3.63, 3.8) is 0 Å². The van der Waals surface area contributed by atoms with Crippen LogP contribution in [0, 0.1) is 0 Å². The summed E-state index contributed by atoms with van der Waals surface area (Å²) in [5.41, 5.74) is 0.484. The monoisotopic (exact) mass is 467 g/mol. The Labute approximate surface area is 171 Å². The standard InChI is InChI=1S/C19H18BrNO6S/c20-16-6-4-14(5-7-16)18(22)13-27-19(23)15-2-1-3-17(12-15)28(24,25)21-8-10-26-11-9-21/h1-7,12H,8-11,13H2. The van der Waals surface area contributed by atoms with Gasteiger partial charge in [-0.2, -0.15) is 4.31 Å². The van der Waals surface area contributed by atoms with E-state index in [0.29, 0.717) is 18.8 Å². The molecule has 0 spiro atoms. The Morgan fingerprint density at radius 1 is 1.04 bits per heavy atom. The lowest BCUT2D eigenvalue weighted by molar-refractivity contribution is 0.0474. The molecule has 0 aliphatic carbocycles. The highest BCUT2D eigenvalue weighted by atomic mass is 79.9. The molecule has 0 radical (unpaired) electrons. The van der Waals surface area contributed by atoms with Crippen LogP contribution in [0.3, 0.4) is 0 Å². The lowest BCUT2D eigenvalue weighted by Gasteiger charge is -2.26. The molecule has 3 rings (SSSR count). The summed E-state index contributed by atoms with van der Waals surface area (Å²) < 4.78 is 37.8. The van der Waals surface area contributed by atoms with Gasteiger partial charge in [0.1, 0.15) is 0 Å². The van der Waals surface area contributed by atoms with E-state index in [0.717, 1.165) is 4.47 Å². The molecule has 0 bridgehead atoms. The van der Waals surface area contributed by atoms with Gasteiger partial charge in [0.25, 0.3) is 0 Å². The van der Waals surface area contributed by atoms with Gasteiger partial charge < -0.3 is 9.47 Å². The minimum absolute atomic E-state index is 0.00286. The number of ketones is 1. The number of benzene rings is 2. The van der Waals surface area contributed by atoms with Crippen LogP contribution in [-0.2, 0) is 19.5 Å². The van der Waals surface area contributed by atoms with Crippen LogP contribution in [-0.4, -0.2) is 57.4 Å². The molecule has 1 aliphatic rings. The number of sulfonamides is 1. The fraction of sp³-hybridized carbons (Fsp3) is 0.263. The van der Waals surface area contributed by atoms with E-state index >= 15 is 0 Å². The second kappa shape index (κ2) is 8.95. The minimum atomic E-state index is -3.72. The number of esters is 1. The van der Waals surface area contributed by atoms with Crippen LogP contribution >= 0.6 is 15.9 Å². The van der Waals surface area contributed by atoms with Gasteiger partial charge in [0, 0.05) is 23.1 Å². The highest BCUT2D eigenvalue weighted by molar-refractivity contribution is 9.10. The molecule has 2 aromatic carbocycles. The number of hydrogen-bond donors (Lipinski definition) is 0. The highest BCUT2D eigenvalue weighted by Crippen LogP contribution is 2.19. The fourth-order valence-electron chi connectivity index (χ4n) is 2.65. The maximum atomic E-state index is 12.7. The first-order valence-electron chi connectivity index (χ1n) is 8.52. The molecule has 1 aliphatic heterocycles. The maximum Gasteiger partial charge on any atom is 0.338 e. The number of Topliss-reactive ketones (excluding diaryl/α,β-unsaturated/α-hetero) is 1. The number of carbonyl (C=O) groups excluding carboxylic acids is 2. The molecule has 0 saturated carbocycles. The third-order valence-corrected chi connectivity index (χ3v) is 6.60. The first-order chi connectivity index (χ1) is 13.4. The third-order valence-electron chi connectivity index (χ3n) is 4.18. The zero-order valence-corrected chi connectivity index (χ0v) is 17.2. The normalized spacial score (nSPS) is 15.2. The molecule has 148 valence electrons. The van der Waals surface area contributed by atoms with Crippen molar-refractivity contribution in [1.29, 1.82) is 0 Å². The lowest BCUT2D eigenvalue weighted by Crippen LogP contribution is -2.40. The van der Waals surface area contributed by atoms with Crippen molar-refractivity contribution in [2.24, 2.45) is 0 Å². The number of ether oxygens (including phenoxy) is 2. The SMILES string of the molecule is O=C(COC(=O)c1cccc(S(=O)(=O)N2CCOCC2)c1)c1ccc(Br)cc1. The molecule has 0 N–H and O–H groups in total. The Morgan fingerprint density at radius 2 is 1.71 bits per heavy atom. The van der Waals surface area contributed by atoms with Crippen LogP contribution in [0.2, 0.25) is 0 Å². The van der Waals surface area contributed by atoms with Crippen molar-refractivity contribution in [3.05, 3.63) is 64.1 Å². The number of carbonyl (C=O) groups is 2. The van der Waals surface area contributed by atoms with Crippen molar-refractivity contribution in [1.82, 2.24) is 4.31 Å². The van der Waals surface area contributed by atoms with Crippen molar-refractivity contribution >= 4 is 37.7 Å². The molecular weight excluding hydrogens is 450 g/mol. The molecule has 1 fully saturated rings. The van der Waals surface area contributed by atoms with E-state index in [9.17, 15) is 18.0 Å². The van der Waals surface area contributed by atoms with Gasteiger partial charge in [-0.05, 0) is 30.3 Å². The van der Waals surface area contributed by atoms with E-state index in [1.54, 1.807) is 24.3 Å². The van der Waals surface area contributed by atoms with Crippen LogP contribution in [0.5, 0.6) is 0 Å². The van der Waals surface area contributed by atoms with Crippen molar-refractivity contribution in [2.45, 2.75) is 4.90 Å². The summed E-state index contributed by atoms with van der Waals surface area (Å²) in [6.45, 7) is 0.760. The third kappa shape index (κ3) is 4.85. The largest absolute Gasteiger partial charge is 0.454 e. The molecule has 1 saturated heterocycles. The van der Waals surface area contributed by atoms with E-state index in [2.05, 4.69) is 15.9 Å². The molecule has 28 heavy (non-hydrogen) atoms. The Hall–Kier alpha value is -2.07. The van der Waals surface area contributed by atoms with Gasteiger partial charge in [0.15, 0.2) is 12.4 Å². The van der Waals surface area contributed by atoms with Gasteiger partial charge >= 0.3 is 5.97 Å². The van der Waals surface area contributed by atoms with Gasteiger partial charge in [0.2, 0.25) is 10.0 Å². The molecule has 0 atom stereocenters. The van der Waals surface area contributed by atoms with E-state index in [1.807, 2.05) is 0 Å². The number of rotatable bonds is 6. The molecule has 9 heteroatoms. The lowest BCUT2D eigenvalue weighted by atomic mass is 10.1. The van der Waals surface area contributed by atoms with E-state index in [-0.39, 0.29) is 29.3 Å². The van der Waals surface area contributed by atoms with Crippen molar-refractivity contribution in [3.8, 4) is 0 Å². The Morgan fingerprint density at radius 3 is 2.39 bits per heavy atom. The summed E-state index contributed by atoms with van der Waals surface area (Å²) in [5.74, 6) is -1.11. The molecular formula is C19H18BrNO6S. The number of halogens is 1. The highest BCUT2D eigenvalue weighted by Gasteiger charge is 2.27. The predicted octanol–water partition coefficient (Wildman–Crippen LogP) is 2.51. The average molecular weight is 468 g/mol. The second-order valence-electron chi connectivity index (χ2n) is 6.05. The van der Waals surface area contributed by atoms with Gasteiger partial charge in [-0.1, -0.05) is 34.1 Å². The Bertz CT molecular complexity index is 968. The van der Waals surface area contributed by atoms with Gasteiger partial charge in [-0.15, -0.1) is 0 Å². The van der Waals surface area contributed by atoms with Crippen LogP contribution in [0.1, 0.15) is 20.7 Å². The molecule has 1 heterocycles. The second-order valence-corrected chi connectivity index (χ2v) is 8.90. The summed E-state index contributed by atoms with van der Waals surface area (Å²) in [6.07, 6.45) is 0. The van der Waals surface area contributed by atoms with Gasteiger partial charge in [-0.3, -0.25) is 4.79 Å². The predicted molar refractivity (Wildman–Crippen MR) is 105 cm³/mol. The smallest absolute Gasteiger partial charge is 0.338 e. The molecule has 0 amide bonds. The average Bonchev–Trinajstić information content (AvgIpc) is 2.73. The Balaban J connectivity index is 1.68. The molecule has 0 unspecified atom stereocenters.